The lowest BCUT2D eigenvalue weighted by Crippen LogP contribution is -2.19. The molecule has 0 saturated heterocycles. The van der Waals surface area contributed by atoms with Crippen molar-refractivity contribution >= 4 is 38.5 Å². The average molecular weight is 453 g/mol. The molecule has 29 heavy (non-hydrogen) atoms. The first-order valence-corrected chi connectivity index (χ1v) is 12.3. The van der Waals surface area contributed by atoms with E-state index in [-0.39, 0.29) is 39.2 Å². The van der Waals surface area contributed by atoms with E-state index in [1.807, 2.05) is 13.8 Å². The Morgan fingerprint density at radius 2 is 2.07 bits per heavy atom. The Kier molecular flexibility index (Phi) is 6.35. The minimum Gasteiger partial charge on any atom is -0.462 e. The molecule has 3 rings (SSSR count). The number of aromatic nitrogens is 2. The molecule has 0 saturated carbocycles. The van der Waals surface area contributed by atoms with E-state index in [0.29, 0.717) is 16.4 Å². The highest BCUT2D eigenvalue weighted by Crippen LogP contribution is 2.27. The summed E-state index contributed by atoms with van der Waals surface area (Å²) in [6.07, 6.45) is 0. The van der Waals surface area contributed by atoms with E-state index < -0.39 is 15.8 Å². The third-order valence-electron chi connectivity index (χ3n) is 4.09. The number of ether oxygens (including phenoxy) is 1. The predicted octanol–water partition coefficient (Wildman–Crippen LogP) is 3.83. The van der Waals surface area contributed by atoms with Crippen LogP contribution in [-0.4, -0.2) is 31.0 Å². The number of thiophene rings is 1. The summed E-state index contributed by atoms with van der Waals surface area (Å²) in [4.78, 5) is 32.0. The lowest BCUT2D eigenvalue weighted by molar-refractivity contribution is 0.0524. The van der Waals surface area contributed by atoms with E-state index in [0.717, 1.165) is 22.7 Å². The van der Waals surface area contributed by atoms with Crippen LogP contribution in [0.1, 0.15) is 47.7 Å². The van der Waals surface area contributed by atoms with Crippen LogP contribution in [0.2, 0.25) is 0 Å². The van der Waals surface area contributed by atoms with Gasteiger partial charge in [-0.25, -0.2) is 18.2 Å². The molecule has 1 N–H and O–H groups in total. The van der Waals surface area contributed by atoms with E-state index in [1.54, 1.807) is 29.8 Å². The highest BCUT2D eigenvalue weighted by atomic mass is 32.2. The number of hydrogen-bond acceptors (Lipinski definition) is 8. The molecule has 0 aliphatic carbocycles. The molecule has 3 aromatic heterocycles. The molecule has 0 aliphatic rings. The van der Waals surface area contributed by atoms with Gasteiger partial charge in [-0.3, -0.25) is 4.79 Å². The zero-order chi connectivity index (χ0) is 21.2. The fourth-order valence-corrected chi connectivity index (χ4v) is 6.26. The van der Waals surface area contributed by atoms with Crippen LogP contribution in [0.4, 0.5) is 0 Å². The molecule has 0 fully saturated rings. The Morgan fingerprint density at radius 1 is 1.31 bits per heavy atom. The summed E-state index contributed by atoms with van der Waals surface area (Å²) < 4.78 is 30.3. The van der Waals surface area contributed by atoms with Crippen LogP contribution in [0.5, 0.6) is 0 Å². The van der Waals surface area contributed by atoms with Gasteiger partial charge >= 0.3 is 5.97 Å². The van der Waals surface area contributed by atoms with E-state index >= 15 is 0 Å². The Hall–Kier alpha value is -2.30. The van der Waals surface area contributed by atoms with Crippen molar-refractivity contribution in [2.75, 3.05) is 6.61 Å². The van der Waals surface area contributed by atoms with Crippen molar-refractivity contribution in [1.29, 1.82) is 0 Å². The van der Waals surface area contributed by atoms with Gasteiger partial charge in [0.1, 0.15) is 15.0 Å². The molecule has 3 aromatic rings. The van der Waals surface area contributed by atoms with Gasteiger partial charge in [0.15, 0.2) is 9.84 Å². The van der Waals surface area contributed by atoms with Gasteiger partial charge in [-0.2, -0.15) is 0 Å². The van der Waals surface area contributed by atoms with Crippen molar-refractivity contribution in [1.82, 2.24) is 9.97 Å². The molecule has 0 aliphatic heterocycles. The summed E-state index contributed by atoms with van der Waals surface area (Å²) in [5, 5.41) is 3.69. The van der Waals surface area contributed by atoms with Gasteiger partial charge in [-0.05, 0) is 30.4 Å². The minimum atomic E-state index is -3.49. The lowest BCUT2D eigenvalue weighted by Gasteiger charge is -2.12. The number of aromatic amines is 1. The smallest absolute Gasteiger partial charge is 0.339 e. The van der Waals surface area contributed by atoms with Crippen molar-refractivity contribution in [3.05, 3.63) is 55.6 Å². The highest BCUT2D eigenvalue weighted by Gasteiger charge is 2.22. The van der Waals surface area contributed by atoms with E-state index in [2.05, 4.69) is 9.97 Å². The minimum absolute atomic E-state index is 0.0851. The zero-order valence-electron chi connectivity index (χ0n) is 16.1. The predicted molar refractivity (Wildman–Crippen MR) is 113 cm³/mol. The number of nitrogens with one attached hydrogen (secondary N) is 1. The van der Waals surface area contributed by atoms with E-state index in [4.69, 9.17) is 4.74 Å². The van der Waals surface area contributed by atoms with Gasteiger partial charge in [0.25, 0.3) is 5.56 Å². The number of sulfone groups is 1. The second-order valence-electron chi connectivity index (χ2n) is 6.53. The van der Waals surface area contributed by atoms with Crippen molar-refractivity contribution in [3.63, 3.8) is 0 Å². The van der Waals surface area contributed by atoms with Crippen LogP contribution in [-0.2, 0) is 20.3 Å². The van der Waals surface area contributed by atoms with Crippen LogP contribution in [0.15, 0.2) is 38.0 Å². The molecule has 0 spiro atoms. The summed E-state index contributed by atoms with van der Waals surface area (Å²) in [6, 6.07) is 4.70. The van der Waals surface area contributed by atoms with E-state index in [1.165, 1.54) is 6.07 Å². The van der Waals surface area contributed by atoms with Gasteiger partial charge in [-0.1, -0.05) is 19.9 Å². The molecule has 0 atom stereocenters. The number of pyridine rings is 1. The van der Waals surface area contributed by atoms with Gasteiger partial charge in [0, 0.05) is 11.1 Å². The van der Waals surface area contributed by atoms with Crippen LogP contribution in [0, 0.1) is 0 Å². The second-order valence-corrected chi connectivity index (χ2v) is 10.6. The number of thiazole rings is 1. The van der Waals surface area contributed by atoms with Crippen LogP contribution >= 0.6 is 22.7 Å². The summed E-state index contributed by atoms with van der Waals surface area (Å²) >= 11 is 2.31. The molecule has 0 radical (unpaired) electrons. The first kappa shape index (κ1) is 21.4. The number of hydrogen-bond donors (Lipinski definition) is 1. The molecule has 154 valence electrons. The Morgan fingerprint density at radius 3 is 2.69 bits per heavy atom. The molecule has 7 nitrogen and oxygen atoms in total. The highest BCUT2D eigenvalue weighted by molar-refractivity contribution is 7.92. The average Bonchev–Trinajstić information content (AvgIpc) is 3.33. The third-order valence-corrected chi connectivity index (χ3v) is 8.23. The molecular formula is C19H20N2O5S3. The van der Waals surface area contributed by atoms with Gasteiger partial charge in [0.2, 0.25) is 0 Å². The summed E-state index contributed by atoms with van der Waals surface area (Å²) in [5.41, 5.74) is 0.909. The first-order chi connectivity index (χ1) is 13.7. The lowest BCUT2D eigenvalue weighted by atomic mass is 10.0. The van der Waals surface area contributed by atoms with Crippen LogP contribution in [0.3, 0.4) is 0 Å². The zero-order valence-corrected chi connectivity index (χ0v) is 18.5. The van der Waals surface area contributed by atoms with Crippen LogP contribution in [0.25, 0.3) is 11.3 Å². The summed E-state index contributed by atoms with van der Waals surface area (Å²) in [7, 11) is -3.49. The molecule has 0 unspecified atom stereocenters. The number of esters is 1. The fourth-order valence-electron chi connectivity index (χ4n) is 2.74. The molecule has 0 bridgehead atoms. The number of carbonyl (C=O) groups excluding carboxylic acids is 1. The van der Waals surface area contributed by atoms with Crippen molar-refractivity contribution < 1.29 is 17.9 Å². The second kappa shape index (κ2) is 8.60. The maximum absolute atomic E-state index is 12.6. The first-order valence-electron chi connectivity index (χ1n) is 8.88. The molecule has 10 heteroatoms. The third kappa shape index (κ3) is 4.65. The largest absolute Gasteiger partial charge is 0.462 e. The maximum atomic E-state index is 12.6. The van der Waals surface area contributed by atoms with Gasteiger partial charge in [-0.15, -0.1) is 22.7 Å². The molecule has 0 aromatic carbocycles. The topological polar surface area (TPSA) is 106 Å². The summed E-state index contributed by atoms with van der Waals surface area (Å²) in [5.74, 6) is -0.854. The van der Waals surface area contributed by atoms with Crippen molar-refractivity contribution in [2.45, 2.75) is 36.7 Å². The van der Waals surface area contributed by atoms with E-state index in [9.17, 15) is 18.0 Å². The normalized spacial score (nSPS) is 11.7. The van der Waals surface area contributed by atoms with Gasteiger partial charge in [0.05, 0.1) is 23.4 Å². The van der Waals surface area contributed by atoms with Gasteiger partial charge < -0.3 is 9.72 Å². The van der Waals surface area contributed by atoms with Crippen LogP contribution < -0.4 is 5.56 Å². The number of carbonyl (C=O) groups is 1. The quantitative estimate of drug-likeness (QED) is 0.546. The van der Waals surface area contributed by atoms with Crippen molar-refractivity contribution in [3.8, 4) is 11.3 Å². The fraction of sp³-hybridized carbons (Fsp3) is 0.316. The number of H-pyrrole nitrogens is 1. The maximum Gasteiger partial charge on any atom is 0.339 e. The number of nitrogens with zero attached hydrogens (tertiary/aromatic N) is 1. The molecule has 3 heterocycles. The Bertz CT molecular complexity index is 1170. The molecule has 0 amide bonds. The molecular weight excluding hydrogens is 432 g/mol. The standard InChI is InChI=1S/C19H20N2O5S3/c1-4-26-19(23)13-8-12(18(22)21-17(13)11(2)3)14-9-28-15(20-14)10-29(24,25)16-6-5-7-27-16/h5-9,11H,4,10H2,1-3H3,(H,21,22). The van der Waals surface area contributed by atoms with Crippen molar-refractivity contribution in [2.24, 2.45) is 0 Å². The SMILES string of the molecule is CCOC(=O)c1cc(-c2csc(CS(=O)(=O)c3cccs3)n2)c(=O)[nH]c1C(C)C. The summed E-state index contributed by atoms with van der Waals surface area (Å²) in [6.45, 7) is 5.65. The Balaban J connectivity index is 1.98. The Labute approximate surface area is 176 Å². The number of rotatable bonds is 7. The monoisotopic (exact) mass is 452 g/mol.